The number of nitrogens with two attached hydrogens (primary N) is 1. The van der Waals surface area contributed by atoms with Gasteiger partial charge in [-0.15, -0.1) is 0 Å². The number of rotatable bonds is 4. The summed E-state index contributed by atoms with van der Waals surface area (Å²) in [5, 5.41) is 7.08. The van der Waals surface area contributed by atoms with Crippen LogP contribution in [-0.2, 0) is 6.54 Å². The smallest absolute Gasteiger partial charge is 0.182 e. The van der Waals surface area contributed by atoms with Gasteiger partial charge in [-0.3, -0.25) is 0 Å². The first-order valence-corrected chi connectivity index (χ1v) is 6.08. The highest BCUT2D eigenvalue weighted by Crippen LogP contribution is 2.28. The highest BCUT2D eigenvalue weighted by atomic mass is 19.2. The highest BCUT2D eigenvalue weighted by molar-refractivity contribution is 5.71. The molecule has 0 aliphatic carbocycles. The van der Waals surface area contributed by atoms with Crippen molar-refractivity contribution < 1.29 is 8.78 Å². The number of benzene rings is 1. The zero-order chi connectivity index (χ0) is 14.0. The molecule has 3 N–H and O–H groups in total. The maximum absolute atomic E-state index is 13.6. The van der Waals surface area contributed by atoms with Crippen LogP contribution in [0.5, 0.6) is 0 Å². The zero-order valence-corrected chi connectivity index (χ0v) is 10.9. The van der Waals surface area contributed by atoms with Crippen molar-refractivity contribution in [2.75, 3.05) is 11.1 Å². The van der Waals surface area contributed by atoms with Gasteiger partial charge in [0.05, 0.1) is 17.1 Å². The van der Waals surface area contributed by atoms with Crippen molar-refractivity contribution >= 4 is 17.2 Å². The number of hydrogen-bond donors (Lipinski definition) is 2. The fourth-order valence-electron chi connectivity index (χ4n) is 1.83. The second-order valence-electron chi connectivity index (χ2n) is 4.30. The molecule has 0 saturated carbocycles. The molecule has 0 radical (unpaired) electrons. The molecule has 0 atom stereocenters. The molecule has 0 saturated heterocycles. The SMILES string of the molecule is CCCn1nc(C)c(N)c1Nc1cccc(F)c1F. The lowest BCUT2D eigenvalue weighted by atomic mass is 10.3. The van der Waals surface area contributed by atoms with Crippen LogP contribution in [0.4, 0.5) is 26.0 Å². The van der Waals surface area contributed by atoms with E-state index in [1.54, 1.807) is 11.6 Å². The van der Waals surface area contributed by atoms with Crippen LogP contribution in [0.2, 0.25) is 0 Å². The minimum atomic E-state index is -0.927. The van der Waals surface area contributed by atoms with Gasteiger partial charge in [-0.25, -0.2) is 13.5 Å². The van der Waals surface area contributed by atoms with E-state index in [1.807, 2.05) is 6.92 Å². The number of hydrogen-bond acceptors (Lipinski definition) is 3. The first-order chi connectivity index (χ1) is 9.04. The number of aromatic nitrogens is 2. The third kappa shape index (κ3) is 2.52. The molecule has 0 aliphatic rings. The van der Waals surface area contributed by atoms with Gasteiger partial charge in [-0.1, -0.05) is 13.0 Å². The van der Waals surface area contributed by atoms with Gasteiger partial charge in [-0.05, 0) is 25.5 Å². The normalized spacial score (nSPS) is 10.7. The summed E-state index contributed by atoms with van der Waals surface area (Å²) >= 11 is 0. The molecule has 0 unspecified atom stereocenters. The van der Waals surface area contributed by atoms with Gasteiger partial charge in [0.25, 0.3) is 0 Å². The fraction of sp³-hybridized carbons (Fsp3) is 0.308. The van der Waals surface area contributed by atoms with E-state index < -0.39 is 11.6 Å². The molecule has 1 heterocycles. The maximum atomic E-state index is 13.6. The third-order valence-electron chi connectivity index (χ3n) is 2.81. The van der Waals surface area contributed by atoms with Gasteiger partial charge >= 0.3 is 0 Å². The number of aryl methyl sites for hydroxylation is 2. The summed E-state index contributed by atoms with van der Waals surface area (Å²) in [6, 6.07) is 3.96. The Hall–Kier alpha value is -2.11. The average Bonchev–Trinajstić information content (AvgIpc) is 2.63. The molecule has 6 heteroatoms. The van der Waals surface area contributed by atoms with Crippen molar-refractivity contribution in [3.63, 3.8) is 0 Å². The molecule has 0 spiro atoms. The second kappa shape index (κ2) is 5.26. The monoisotopic (exact) mass is 266 g/mol. The largest absolute Gasteiger partial charge is 0.394 e. The number of nitrogens with one attached hydrogen (secondary N) is 1. The molecule has 0 bridgehead atoms. The minimum absolute atomic E-state index is 0.0453. The van der Waals surface area contributed by atoms with Crippen LogP contribution in [0.1, 0.15) is 19.0 Å². The Morgan fingerprint density at radius 3 is 2.79 bits per heavy atom. The Bertz CT molecular complexity index is 593. The number of nitrogen functional groups attached to an aromatic ring is 1. The van der Waals surface area contributed by atoms with E-state index in [1.165, 1.54) is 12.1 Å². The predicted molar refractivity (Wildman–Crippen MR) is 71.3 cm³/mol. The van der Waals surface area contributed by atoms with E-state index >= 15 is 0 Å². The zero-order valence-electron chi connectivity index (χ0n) is 10.9. The van der Waals surface area contributed by atoms with E-state index in [2.05, 4.69) is 10.4 Å². The fourth-order valence-corrected chi connectivity index (χ4v) is 1.83. The van der Waals surface area contributed by atoms with Crippen molar-refractivity contribution in [1.82, 2.24) is 9.78 Å². The summed E-state index contributed by atoms with van der Waals surface area (Å²) in [6.45, 7) is 4.42. The molecule has 102 valence electrons. The van der Waals surface area contributed by atoms with Crippen LogP contribution >= 0.6 is 0 Å². The summed E-state index contributed by atoms with van der Waals surface area (Å²) in [4.78, 5) is 0. The predicted octanol–water partition coefficient (Wildman–Crippen LogP) is 3.21. The summed E-state index contributed by atoms with van der Waals surface area (Å²) in [7, 11) is 0. The van der Waals surface area contributed by atoms with Crippen molar-refractivity contribution in [1.29, 1.82) is 0 Å². The van der Waals surface area contributed by atoms with E-state index in [4.69, 9.17) is 5.73 Å². The molecule has 1 aromatic heterocycles. The molecule has 2 aromatic rings. The van der Waals surface area contributed by atoms with Crippen LogP contribution in [0.15, 0.2) is 18.2 Å². The van der Waals surface area contributed by atoms with Crippen molar-refractivity contribution in [2.45, 2.75) is 26.8 Å². The molecular weight excluding hydrogens is 250 g/mol. The van der Waals surface area contributed by atoms with Crippen LogP contribution in [0.3, 0.4) is 0 Å². The van der Waals surface area contributed by atoms with Gasteiger partial charge in [0.15, 0.2) is 17.5 Å². The standard InChI is InChI=1S/C13H16F2N4/c1-3-7-19-13(12(16)8(2)18-19)17-10-6-4-5-9(14)11(10)15/h4-6,17H,3,7,16H2,1-2H3. The Morgan fingerprint density at radius 1 is 1.37 bits per heavy atom. The number of nitrogens with zero attached hydrogens (tertiary/aromatic N) is 2. The third-order valence-corrected chi connectivity index (χ3v) is 2.81. The van der Waals surface area contributed by atoms with Crippen LogP contribution < -0.4 is 11.1 Å². The minimum Gasteiger partial charge on any atom is -0.394 e. The van der Waals surface area contributed by atoms with Gasteiger partial charge in [-0.2, -0.15) is 5.10 Å². The van der Waals surface area contributed by atoms with Gasteiger partial charge in [0, 0.05) is 6.54 Å². The molecule has 4 nitrogen and oxygen atoms in total. The van der Waals surface area contributed by atoms with E-state index in [0.29, 0.717) is 23.7 Å². The number of halogens is 2. The Morgan fingerprint density at radius 2 is 2.11 bits per heavy atom. The van der Waals surface area contributed by atoms with Crippen LogP contribution in [0, 0.1) is 18.6 Å². The van der Waals surface area contributed by atoms with Gasteiger partial charge in [0.2, 0.25) is 0 Å². The highest BCUT2D eigenvalue weighted by Gasteiger charge is 2.15. The lowest BCUT2D eigenvalue weighted by molar-refractivity contribution is 0.511. The van der Waals surface area contributed by atoms with E-state index in [0.717, 1.165) is 12.5 Å². The van der Waals surface area contributed by atoms with Gasteiger partial charge < -0.3 is 11.1 Å². The lowest BCUT2D eigenvalue weighted by Crippen LogP contribution is -2.07. The Labute approximate surface area is 110 Å². The topological polar surface area (TPSA) is 55.9 Å². The summed E-state index contributed by atoms with van der Waals surface area (Å²) < 4.78 is 28.5. The van der Waals surface area contributed by atoms with Crippen molar-refractivity contribution in [3.05, 3.63) is 35.5 Å². The molecule has 1 aromatic carbocycles. The van der Waals surface area contributed by atoms with Crippen LogP contribution in [-0.4, -0.2) is 9.78 Å². The number of anilines is 3. The maximum Gasteiger partial charge on any atom is 0.182 e. The Balaban J connectivity index is 2.40. The van der Waals surface area contributed by atoms with Crippen molar-refractivity contribution in [3.8, 4) is 0 Å². The first kappa shape index (κ1) is 13.3. The summed E-state index contributed by atoms with van der Waals surface area (Å²) in [6.07, 6.45) is 0.862. The van der Waals surface area contributed by atoms with E-state index in [9.17, 15) is 8.78 Å². The molecule has 19 heavy (non-hydrogen) atoms. The molecule has 2 rings (SSSR count). The van der Waals surface area contributed by atoms with Crippen LogP contribution in [0.25, 0.3) is 0 Å². The average molecular weight is 266 g/mol. The van der Waals surface area contributed by atoms with Crippen molar-refractivity contribution in [2.24, 2.45) is 0 Å². The van der Waals surface area contributed by atoms with Gasteiger partial charge in [0.1, 0.15) is 0 Å². The summed E-state index contributed by atoms with van der Waals surface area (Å²) in [5.74, 6) is -1.34. The lowest BCUT2D eigenvalue weighted by Gasteiger charge is -2.11. The summed E-state index contributed by atoms with van der Waals surface area (Å²) in [5.41, 5.74) is 7.05. The quantitative estimate of drug-likeness (QED) is 0.893. The molecule has 0 aliphatic heterocycles. The first-order valence-electron chi connectivity index (χ1n) is 6.08. The molecular formula is C13H16F2N4. The Kier molecular flexibility index (Phi) is 3.69. The molecule has 0 amide bonds. The second-order valence-corrected chi connectivity index (χ2v) is 4.30. The van der Waals surface area contributed by atoms with E-state index in [-0.39, 0.29) is 5.69 Å². The molecule has 0 fully saturated rings.